The molecule has 6 atom stereocenters. The van der Waals surface area contributed by atoms with Gasteiger partial charge in [0.05, 0.1) is 34.2 Å². The van der Waals surface area contributed by atoms with Gasteiger partial charge < -0.3 is 24.1 Å². The molecule has 222 valence electrons. The lowest BCUT2D eigenvalue weighted by Crippen LogP contribution is -2.66. The molecule has 13 nitrogen and oxygen atoms in total. The molecule has 0 bridgehead atoms. The van der Waals surface area contributed by atoms with Crippen LogP contribution < -0.4 is 10.9 Å². The van der Waals surface area contributed by atoms with E-state index in [9.17, 15) is 9.90 Å². The van der Waals surface area contributed by atoms with Crippen molar-refractivity contribution >= 4 is 27.8 Å². The van der Waals surface area contributed by atoms with Gasteiger partial charge in [-0.1, -0.05) is 30.3 Å². The molecular weight excluding hydrogens is 562 g/mol. The first-order valence-corrected chi connectivity index (χ1v) is 14.4. The molecule has 0 radical (unpaired) electrons. The number of rotatable bonds is 5. The lowest BCUT2D eigenvalue weighted by Gasteiger charge is -2.48. The fourth-order valence-corrected chi connectivity index (χ4v) is 5.90. The van der Waals surface area contributed by atoms with E-state index in [1.165, 1.54) is 11.3 Å². The number of aliphatic hydroxyl groups excluding tert-OH is 1. The smallest absolute Gasteiger partial charge is 0.422 e. The number of nitrogens with one attached hydrogen (secondary N) is 2. The van der Waals surface area contributed by atoms with Crippen LogP contribution in [0.1, 0.15) is 55.4 Å². The Morgan fingerprint density at radius 1 is 1.17 bits per heavy atom. The number of hydrogen-bond acceptors (Lipinski definition) is 12. The highest BCUT2D eigenvalue weighted by Gasteiger charge is 2.51. The molecule has 2 aliphatic heterocycles. The van der Waals surface area contributed by atoms with Gasteiger partial charge in [-0.25, -0.2) is 29.9 Å². The van der Waals surface area contributed by atoms with Gasteiger partial charge in [-0.05, 0) is 40.7 Å². The highest BCUT2D eigenvalue weighted by molar-refractivity contribution is 7.18. The summed E-state index contributed by atoms with van der Waals surface area (Å²) in [7, 11) is 0. The van der Waals surface area contributed by atoms with E-state index in [0.717, 1.165) is 15.3 Å². The third kappa shape index (κ3) is 5.86. The minimum absolute atomic E-state index is 0.179. The van der Waals surface area contributed by atoms with Crippen molar-refractivity contribution in [2.45, 2.75) is 77.0 Å². The maximum absolute atomic E-state index is 12.5. The van der Waals surface area contributed by atoms with Crippen molar-refractivity contribution in [3.8, 4) is 5.69 Å². The van der Waals surface area contributed by atoms with Crippen LogP contribution in [0.25, 0.3) is 16.0 Å². The van der Waals surface area contributed by atoms with Crippen molar-refractivity contribution in [3.63, 3.8) is 0 Å². The summed E-state index contributed by atoms with van der Waals surface area (Å²) in [6.45, 7) is 9.17. The predicted molar refractivity (Wildman–Crippen MR) is 152 cm³/mol. The van der Waals surface area contributed by atoms with Gasteiger partial charge in [0.25, 0.3) is 0 Å². The van der Waals surface area contributed by atoms with E-state index in [1.54, 1.807) is 38.6 Å². The third-order valence-electron chi connectivity index (χ3n) is 6.80. The van der Waals surface area contributed by atoms with Crippen LogP contribution in [0.5, 0.6) is 0 Å². The Morgan fingerprint density at radius 3 is 2.71 bits per heavy atom. The van der Waals surface area contributed by atoms with Crippen LogP contribution in [0, 0.1) is 13.8 Å². The number of nitrogens with zero attached hydrogens (tertiary/aromatic N) is 5. The maximum atomic E-state index is 12.5. The number of amides is 1. The molecule has 2 aliphatic rings. The highest BCUT2D eigenvalue weighted by atomic mass is 32.1. The molecule has 0 saturated carbocycles. The first-order chi connectivity index (χ1) is 20.1. The van der Waals surface area contributed by atoms with E-state index < -0.39 is 48.4 Å². The molecule has 4 aromatic rings. The van der Waals surface area contributed by atoms with Crippen LogP contribution in [0.15, 0.2) is 42.6 Å². The zero-order chi connectivity index (χ0) is 29.6. The second kappa shape index (κ2) is 11.3. The van der Waals surface area contributed by atoms with Crippen LogP contribution in [0.4, 0.5) is 4.79 Å². The molecule has 2 fully saturated rings. The summed E-state index contributed by atoms with van der Waals surface area (Å²) in [5, 5.41) is 17.3. The standard InChI is InChI=1S/C28H33N7O6S/c1-14-30-25(35(34-14)17-11-19-24(29-12-17)31-15(2)42-19)23-21(36)20(32-33-27(37)41-28(3,4)5)22-18(39-23)13-38-26(40-22)16-9-7-6-8-10-16/h6-12,18,20-23,26,32,36H,13H2,1-5H3,(H,33,37)/t18-,20-,21-,22+,23-,26?/m1/s1. The number of carbonyl (C=O) groups is 1. The molecule has 3 aromatic heterocycles. The Balaban J connectivity index is 1.32. The topological polar surface area (TPSA) is 155 Å². The Hall–Kier alpha value is -3.53. The second-order valence-electron chi connectivity index (χ2n) is 11.2. The molecule has 42 heavy (non-hydrogen) atoms. The molecule has 6 rings (SSSR count). The first-order valence-electron chi connectivity index (χ1n) is 13.6. The van der Waals surface area contributed by atoms with Crippen molar-refractivity contribution < 1.29 is 28.8 Å². The van der Waals surface area contributed by atoms with Gasteiger partial charge in [-0.3, -0.25) is 5.43 Å². The number of aryl methyl sites for hydroxylation is 2. The van der Waals surface area contributed by atoms with Gasteiger partial charge in [0.2, 0.25) is 0 Å². The SMILES string of the molecule is Cc1nc([C@@H]2O[C@@H]3COC(c4ccccc4)O[C@@H]3[C@H](NNC(=O)OC(C)(C)C)[C@H]2O)n(-c2cnc3nc(C)sc3c2)n1. The van der Waals surface area contributed by atoms with E-state index >= 15 is 0 Å². The number of hydrogen-bond donors (Lipinski definition) is 3. The Bertz CT molecular complexity index is 1570. The van der Waals surface area contributed by atoms with Crippen LogP contribution in [0.3, 0.4) is 0 Å². The van der Waals surface area contributed by atoms with Gasteiger partial charge in [0.15, 0.2) is 17.8 Å². The minimum Gasteiger partial charge on any atom is -0.443 e. The molecule has 1 unspecified atom stereocenters. The monoisotopic (exact) mass is 595 g/mol. The summed E-state index contributed by atoms with van der Waals surface area (Å²) in [5.41, 5.74) is 6.93. The number of thiazole rings is 1. The largest absolute Gasteiger partial charge is 0.443 e. The molecule has 14 heteroatoms. The number of aliphatic hydroxyl groups is 1. The second-order valence-corrected chi connectivity index (χ2v) is 12.5. The summed E-state index contributed by atoms with van der Waals surface area (Å²) in [5.74, 6) is 0.857. The number of hydrazine groups is 1. The van der Waals surface area contributed by atoms with Gasteiger partial charge in [-0.2, -0.15) is 5.10 Å². The van der Waals surface area contributed by atoms with E-state index in [4.69, 9.17) is 18.9 Å². The van der Waals surface area contributed by atoms with Crippen LogP contribution in [-0.4, -0.2) is 72.5 Å². The van der Waals surface area contributed by atoms with E-state index in [2.05, 4.69) is 30.9 Å². The molecule has 1 amide bonds. The first kappa shape index (κ1) is 28.6. The van der Waals surface area contributed by atoms with E-state index in [0.29, 0.717) is 23.0 Å². The lowest BCUT2D eigenvalue weighted by atomic mass is 9.91. The van der Waals surface area contributed by atoms with E-state index in [-0.39, 0.29) is 6.61 Å². The van der Waals surface area contributed by atoms with Crippen molar-refractivity contribution in [3.05, 3.63) is 64.8 Å². The summed E-state index contributed by atoms with van der Waals surface area (Å²) >= 11 is 1.53. The summed E-state index contributed by atoms with van der Waals surface area (Å²) < 4.78 is 26.7. The van der Waals surface area contributed by atoms with Crippen LogP contribution >= 0.6 is 11.3 Å². The average Bonchev–Trinajstić information content (AvgIpc) is 3.52. The number of pyridine rings is 1. The zero-order valence-electron chi connectivity index (χ0n) is 23.8. The average molecular weight is 596 g/mol. The van der Waals surface area contributed by atoms with Crippen molar-refractivity contribution in [1.29, 1.82) is 0 Å². The minimum atomic E-state index is -1.22. The zero-order valence-corrected chi connectivity index (χ0v) is 24.7. The number of benzene rings is 1. The molecule has 0 spiro atoms. The number of aromatic nitrogens is 5. The van der Waals surface area contributed by atoms with Crippen molar-refractivity contribution in [2.24, 2.45) is 0 Å². The molecule has 1 aromatic carbocycles. The normalized spacial score (nSPS) is 26.1. The number of ether oxygens (including phenoxy) is 4. The summed E-state index contributed by atoms with van der Waals surface area (Å²) in [4.78, 5) is 26.1. The third-order valence-corrected chi connectivity index (χ3v) is 7.71. The summed E-state index contributed by atoms with van der Waals surface area (Å²) in [6.07, 6.45) is -3.19. The highest BCUT2D eigenvalue weighted by Crippen LogP contribution is 2.39. The Morgan fingerprint density at radius 2 is 1.95 bits per heavy atom. The number of fused-ring (bicyclic) bond motifs is 2. The van der Waals surface area contributed by atoms with Gasteiger partial charge in [0.1, 0.15) is 35.8 Å². The fraction of sp³-hybridized carbons (Fsp3) is 0.464. The number of carbonyl (C=O) groups excluding carboxylic acids is 1. The van der Waals surface area contributed by atoms with Gasteiger partial charge >= 0.3 is 6.09 Å². The maximum Gasteiger partial charge on any atom is 0.422 e. The Kier molecular flexibility index (Phi) is 7.68. The quantitative estimate of drug-likeness (QED) is 0.291. The van der Waals surface area contributed by atoms with E-state index in [1.807, 2.05) is 43.3 Å². The van der Waals surface area contributed by atoms with Gasteiger partial charge in [-0.15, -0.1) is 11.3 Å². The molecule has 0 aliphatic carbocycles. The molecule has 2 saturated heterocycles. The lowest BCUT2D eigenvalue weighted by molar-refractivity contribution is -0.313. The van der Waals surface area contributed by atoms with Crippen LogP contribution in [0.2, 0.25) is 0 Å². The van der Waals surface area contributed by atoms with Crippen molar-refractivity contribution in [2.75, 3.05) is 6.61 Å². The molecule has 3 N–H and O–H groups in total. The molecular formula is C28H33N7O6S. The molecule has 5 heterocycles. The summed E-state index contributed by atoms with van der Waals surface area (Å²) in [6, 6.07) is 10.6. The predicted octanol–water partition coefficient (Wildman–Crippen LogP) is 3.20. The van der Waals surface area contributed by atoms with Gasteiger partial charge in [0, 0.05) is 5.56 Å². The van der Waals surface area contributed by atoms with Crippen molar-refractivity contribution in [1.82, 2.24) is 35.6 Å². The van der Waals surface area contributed by atoms with Crippen LogP contribution in [-0.2, 0) is 18.9 Å². The Labute approximate surface area is 246 Å². The fourth-order valence-electron chi connectivity index (χ4n) is 5.08.